The van der Waals surface area contributed by atoms with Crippen molar-refractivity contribution in [3.05, 3.63) is 83.0 Å². The minimum Gasteiger partial charge on any atom is -0.412 e. The number of hydrogen-bond donors (Lipinski definition) is 3. The molecule has 0 spiro atoms. The van der Waals surface area contributed by atoms with Gasteiger partial charge in [-0.05, 0) is 42.8 Å². The number of nitrogens with two attached hydrogens (primary N) is 1. The minimum absolute atomic E-state index is 0. The normalized spacial score (nSPS) is 11.6. The van der Waals surface area contributed by atoms with Crippen molar-refractivity contribution in [1.82, 2.24) is 29.5 Å². The van der Waals surface area contributed by atoms with E-state index in [4.69, 9.17) is 22.3 Å². The number of carbonyl (C=O) groups excluding carboxylic acids is 1. The monoisotopic (exact) mass is 518 g/mol. The molecule has 37 heavy (non-hydrogen) atoms. The van der Waals surface area contributed by atoms with Gasteiger partial charge < -0.3 is 26.1 Å². The number of fused-ring (bicyclic) bond motifs is 1. The van der Waals surface area contributed by atoms with Gasteiger partial charge in [0.1, 0.15) is 34.0 Å². The van der Waals surface area contributed by atoms with Crippen molar-refractivity contribution in [3.8, 4) is 22.8 Å². The van der Waals surface area contributed by atoms with E-state index < -0.39 is 11.3 Å². The number of imidazole rings is 1. The molecule has 5 aromatic heterocycles. The number of alkyl halides is 1. The van der Waals surface area contributed by atoms with E-state index in [-0.39, 0.29) is 16.7 Å². The van der Waals surface area contributed by atoms with Gasteiger partial charge in [-0.1, -0.05) is 12.1 Å². The van der Waals surface area contributed by atoms with Crippen LogP contribution in [0.25, 0.3) is 33.8 Å². The molecular weight excluding hydrogens is 496 g/mol. The zero-order valence-electron chi connectivity index (χ0n) is 19.6. The predicted molar refractivity (Wildman–Crippen MR) is 142 cm³/mol. The lowest BCUT2D eigenvalue weighted by molar-refractivity contribution is -0.116. The summed E-state index contributed by atoms with van der Waals surface area (Å²) in [6, 6.07) is 12.1. The van der Waals surface area contributed by atoms with E-state index in [9.17, 15) is 9.59 Å². The van der Waals surface area contributed by atoms with Gasteiger partial charge in [-0.2, -0.15) is 0 Å². The van der Waals surface area contributed by atoms with Crippen molar-refractivity contribution in [2.24, 2.45) is 0 Å². The number of anilines is 2. The van der Waals surface area contributed by atoms with Crippen LogP contribution >= 0.6 is 11.6 Å². The van der Waals surface area contributed by atoms with Crippen molar-refractivity contribution >= 4 is 40.2 Å². The Morgan fingerprint density at radius 1 is 1.11 bits per heavy atom. The number of H-pyrrole nitrogens is 1. The third-order valence-corrected chi connectivity index (χ3v) is 6.14. The van der Waals surface area contributed by atoms with Crippen LogP contribution in [-0.2, 0) is 11.3 Å². The number of halogens is 1. The first-order valence-corrected chi connectivity index (χ1v) is 11.6. The van der Waals surface area contributed by atoms with E-state index in [0.717, 1.165) is 0 Å². The topological polar surface area (TPSA) is 176 Å². The van der Waals surface area contributed by atoms with Crippen LogP contribution in [0, 0.1) is 0 Å². The van der Waals surface area contributed by atoms with Gasteiger partial charge in [0.25, 0.3) is 0 Å². The molecule has 5 aromatic rings. The molecule has 188 valence electrons. The molecule has 1 amide bonds. The summed E-state index contributed by atoms with van der Waals surface area (Å²) in [4.78, 5) is 46.0. The van der Waals surface area contributed by atoms with Crippen molar-refractivity contribution in [3.63, 3.8) is 0 Å². The van der Waals surface area contributed by atoms with Gasteiger partial charge in [-0.25, -0.2) is 15.0 Å². The summed E-state index contributed by atoms with van der Waals surface area (Å²) in [5.41, 5.74) is 8.49. The number of aromatic nitrogens is 6. The average molecular weight is 519 g/mol. The first kappa shape index (κ1) is 25.5. The molecule has 1 unspecified atom stereocenters. The number of nitrogen functional groups attached to an aromatic ring is 1. The van der Waals surface area contributed by atoms with E-state index in [2.05, 4.69) is 25.3 Å². The standard InChI is InChI=1S/C25H21ClN8O2.H2O/c1-2-34-22(27)19(23-29-11-12-30-23)21(35)15-7-9-17(32-24(15)34)16-8-6-14(13-31-16)20(26)25(36)33-18-5-3-4-10-28-18;/h3-13,20H,2,27H2,1H3,(H,29,30)(H,28,33,36);1H2. The molecule has 5 rings (SSSR count). The second-order valence-electron chi connectivity index (χ2n) is 7.88. The molecule has 0 fully saturated rings. The quantitative estimate of drug-likeness (QED) is 0.289. The lowest BCUT2D eigenvalue weighted by atomic mass is 10.1. The third kappa shape index (κ3) is 4.77. The van der Waals surface area contributed by atoms with E-state index in [1.54, 1.807) is 65.6 Å². The van der Waals surface area contributed by atoms with Gasteiger partial charge in [-0.3, -0.25) is 14.6 Å². The summed E-state index contributed by atoms with van der Waals surface area (Å²) >= 11 is 6.36. The fraction of sp³-hybridized carbons (Fsp3) is 0.120. The molecule has 0 radical (unpaired) electrons. The Labute approximate surface area is 215 Å². The smallest absolute Gasteiger partial charge is 0.248 e. The average Bonchev–Trinajstić information content (AvgIpc) is 3.43. The van der Waals surface area contributed by atoms with Crippen LogP contribution in [0.5, 0.6) is 0 Å². The SMILES string of the molecule is CCn1c(N)c(-c2ncc[nH]2)c(=O)c2ccc(-c3ccc(C(Cl)C(=O)Nc4ccccn4)cn3)nc21.O. The second-order valence-corrected chi connectivity index (χ2v) is 8.32. The van der Waals surface area contributed by atoms with E-state index >= 15 is 0 Å². The molecule has 0 aliphatic rings. The Hall–Kier alpha value is -4.61. The van der Waals surface area contributed by atoms with Crippen LogP contribution < -0.4 is 16.5 Å². The Kier molecular flexibility index (Phi) is 7.27. The molecule has 0 bridgehead atoms. The number of nitrogens with one attached hydrogen (secondary N) is 2. The summed E-state index contributed by atoms with van der Waals surface area (Å²) in [7, 11) is 0. The van der Waals surface area contributed by atoms with Crippen LogP contribution in [0.1, 0.15) is 17.9 Å². The summed E-state index contributed by atoms with van der Waals surface area (Å²) < 4.78 is 1.77. The minimum atomic E-state index is -0.955. The summed E-state index contributed by atoms with van der Waals surface area (Å²) in [6.07, 6.45) is 6.31. The lowest BCUT2D eigenvalue weighted by Gasteiger charge is -2.15. The fourth-order valence-electron chi connectivity index (χ4n) is 3.91. The number of pyridine rings is 4. The predicted octanol–water partition coefficient (Wildman–Crippen LogP) is 2.94. The van der Waals surface area contributed by atoms with Crippen molar-refractivity contribution in [1.29, 1.82) is 0 Å². The van der Waals surface area contributed by atoms with Gasteiger partial charge in [0.05, 0.1) is 16.8 Å². The summed E-state index contributed by atoms with van der Waals surface area (Å²) in [6.45, 7) is 2.42. The number of nitrogens with zero attached hydrogens (tertiary/aromatic N) is 5. The molecule has 0 aromatic carbocycles. The van der Waals surface area contributed by atoms with Crippen molar-refractivity contribution in [2.45, 2.75) is 18.8 Å². The van der Waals surface area contributed by atoms with Crippen molar-refractivity contribution < 1.29 is 10.3 Å². The van der Waals surface area contributed by atoms with E-state index in [1.807, 2.05) is 6.92 Å². The van der Waals surface area contributed by atoms with Gasteiger partial charge in [0.2, 0.25) is 11.3 Å². The highest BCUT2D eigenvalue weighted by atomic mass is 35.5. The van der Waals surface area contributed by atoms with Crippen LogP contribution in [-0.4, -0.2) is 40.9 Å². The molecule has 11 nitrogen and oxygen atoms in total. The van der Waals surface area contributed by atoms with Crippen LogP contribution in [0.3, 0.4) is 0 Å². The maximum absolute atomic E-state index is 13.2. The molecule has 0 aliphatic heterocycles. The van der Waals surface area contributed by atoms with Crippen molar-refractivity contribution in [2.75, 3.05) is 11.1 Å². The fourth-order valence-corrected chi connectivity index (χ4v) is 4.09. The first-order chi connectivity index (χ1) is 17.5. The van der Waals surface area contributed by atoms with E-state index in [1.165, 1.54) is 6.20 Å². The highest BCUT2D eigenvalue weighted by Gasteiger charge is 2.21. The van der Waals surface area contributed by atoms with E-state index in [0.29, 0.717) is 51.7 Å². The number of hydrogen-bond acceptors (Lipinski definition) is 7. The molecule has 0 saturated carbocycles. The molecular formula is C25H23ClN8O3. The maximum Gasteiger partial charge on any atom is 0.248 e. The highest BCUT2D eigenvalue weighted by molar-refractivity contribution is 6.32. The number of carbonyl (C=O) groups is 1. The zero-order valence-corrected chi connectivity index (χ0v) is 20.4. The van der Waals surface area contributed by atoms with Crippen LogP contribution in [0.4, 0.5) is 11.6 Å². The Morgan fingerprint density at radius 3 is 2.57 bits per heavy atom. The number of aryl methyl sites for hydroxylation is 1. The number of amides is 1. The van der Waals surface area contributed by atoms with Gasteiger partial charge in [0.15, 0.2) is 0 Å². The Balaban J connectivity index is 0.00000320. The molecule has 12 heteroatoms. The summed E-state index contributed by atoms with van der Waals surface area (Å²) in [5, 5.41) is 2.14. The summed E-state index contributed by atoms with van der Waals surface area (Å²) in [5.74, 6) is 0.686. The third-order valence-electron chi connectivity index (χ3n) is 5.69. The second kappa shape index (κ2) is 10.6. The van der Waals surface area contributed by atoms with Crippen LogP contribution in [0.15, 0.2) is 72.0 Å². The van der Waals surface area contributed by atoms with Crippen LogP contribution in [0.2, 0.25) is 0 Å². The number of aromatic amines is 1. The molecule has 1 atom stereocenters. The first-order valence-electron chi connectivity index (χ1n) is 11.1. The Bertz CT molecular complexity index is 1600. The lowest BCUT2D eigenvalue weighted by Crippen LogP contribution is -2.18. The maximum atomic E-state index is 13.2. The molecule has 6 N–H and O–H groups in total. The largest absolute Gasteiger partial charge is 0.412 e. The molecule has 0 aliphatic carbocycles. The van der Waals surface area contributed by atoms with Gasteiger partial charge >= 0.3 is 0 Å². The molecule has 5 heterocycles. The highest BCUT2D eigenvalue weighted by Crippen LogP contribution is 2.27. The van der Waals surface area contributed by atoms with Gasteiger partial charge in [-0.15, -0.1) is 11.6 Å². The molecule has 0 saturated heterocycles. The Morgan fingerprint density at radius 2 is 1.92 bits per heavy atom. The van der Waals surface area contributed by atoms with Gasteiger partial charge in [0, 0.05) is 31.3 Å². The zero-order chi connectivity index (χ0) is 25.2. The number of rotatable bonds is 6.